The molecule has 0 fully saturated rings. The van der Waals surface area contributed by atoms with E-state index in [2.05, 4.69) is 6.92 Å². The van der Waals surface area contributed by atoms with Crippen LogP contribution in [0, 0.1) is 0 Å². The highest BCUT2D eigenvalue weighted by molar-refractivity contribution is 5.50. The number of benzene rings is 1. The molecule has 5 heteroatoms. The second kappa shape index (κ2) is 12.2. The summed E-state index contributed by atoms with van der Waals surface area (Å²) in [5, 5.41) is 20.2. The lowest BCUT2D eigenvalue weighted by molar-refractivity contribution is -0.133. The zero-order valence-electron chi connectivity index (χ0n) is 13.8. The second-order valence-electron chi connectivity index (χ2n) is 5.58. The van der Waals surface area contributed by atoms with Gasteiger partial charge in [-0.25, -0.2) is 0 Å². The first kappa shape index (κ1) is 19.8. The molecule has 1 aromatic rings. The van der Waals surface area contributed by atoms with Crippen molar-refractivity contribution in [3.63, 3.8) is 0 Å². The van der Waals surface area contributed by atoms with Gasteiger partial charge in [-0.05, 0) is 12.0 Å². The van der Waals surface area contributed by atoms with Crippen LogP contribution in [0.4, 0.5) is 0 Å². The van der Waals surface area contributed by atoms with Crippen LogP contribution in [0.5, 0.6) is 0 Å². The van der Waals surface area contributed by atoms with E-state index in [-0.39, 0.29) is 19.6 Å². The number of aldehydes is 1. The molecule has 0 aliphatic heterocycles. The number of hydrogen-bond donors (Lipinski definition) is 2. The maximum Gasteiger partial charge on any atom is 0.122 e. The van der Waals surface area contributed by atoms with E-state index in [1.54, 1.807) is 0 Å². The molecule has 1 aromatic carbocycles. The Hall–Kier alpha value is -1.27. The molecule has 5 nitrogen and oxygen atoms in total. The third kappa shape index (κ3) is 8.23. The van der Waals surface area contributed by atoms with E-state index in [0.717, 1.165) is 24.8 Å². The summed E-state index contributed by atoms with van der Waals surface area (Å²) in [5.41, 5.74) is 0.937. The van der Waals surface area contributed by atoms with E-state index in [1.807, 2.05) is 30.3 Å². The Morgan fingerprint density at radius 1 is 1.13 bits per heavy atom. The summed E-state index contributed by atoms with van der Waals surface area (Å²) in [6, 6.07) is 9.49. The molecule has 130 valence electrons. The Kier molecular flexibility index (Phi) is 10.5. The normalized spacial score (nSPS) is 15.1. The monoisotopic (exact) mass is 324 g/mol. The first-order valence-electron chi connectivity index (χ1n) is 8.22. The van der Waals surface area contributed by atoms with Gasteiger partial charge in [-0.2, -0.15) is 0 Å². The van der Waals surface area contributed by atoms with Crippen LogP contribution in [-0.2, 0) is 20.9 Å². The molecular weight excluding hydrogens is 296 g/mol. The first-order valence-corrected chi connectivity index (χ1v) is 8.22. The summed E-state index contributed by atoms with van der Waals surface area (Å²) in [6.07, 6.45) is 0.789. The number of carbonyl (C=O) groups is 1. The van der Waals surface area contributed by atoms with Gasteiger partial charge in [-0.15, -0.1) is 0 Å². The quantitative estimate of drug-likeness (QED) is 0.429. The van der Waals surface area contributed by atoms with E-state index < -0.39 is 18.3 Å². The van der Waals surface area contributed by atoms with Gasteiger partial charge < -0.3 is 24.5 Å². The minimum atomic E-state index is -1.05. The molecule has 0 bridgehead atoms. The largest absolute Gasteiger partial charge is 0.390 e. The van der Waals surface area contributed by atoms with Gasteiger partial charge >= 0.3 is 0 Å². The highest BCUT2D eigenvalue weighted by atomic mass is 16.5. The van der Waals surface area contributed by atoms with Crippen molar-refractivity contribution in [2.24, 2.45) is 0 Å². The fourth-order valence-electron chi connectivity index (χ4n) is 2.23. The number of aliphatic hydroxyl groups excluding tert-OH is 2. The third-order valence-electron chi connectivity index (χ3n) is 3.56. The molecule has 0 radical (unpaired) electrons. The third-order valence-corrected chi connectivity index (χ3v) is 3.56. The number of ether oxygens (including phenoxy) is 2. The zero-order valence-corrected chi connectivity index (χ0v) is 13.8. The second-order valence-corrected chi connectivity index (χ2v) is 5.58. The summed E-state index contributed by atoms with van der Waals surface area (Å²) in [5.74, 6) is 0. The maximum absolute atomic E-state index is 10.6. The van der Waals surface area contributed by atoms with Gasteiger partial charge in [-0.3, -0.25) is 0 Å². The molecule has 0 aliphatic carbocycles. The summed E-state index contributed by atoms with van der Waals surface area (Å²) < 4.78 is 11.1. The van der Waals surface area contributed by atoms with Gasteiger partial charge in [0, 0.05) is 13.0 Å². The average Bonchev–Trinajstić information content (AvgIpc) is 2.56. The van der Waals surface area contributed by atoms with E-state index in [4.69, 9.17) is 9.47 Å². The van der Waals surface area contributed by atoms with Crippen LogP contribution in [0.25, 0.3) is 0 Å². The molecule has 1 rings (SSSR count). The van der Waals surface area contributed by atoms with Crippen LogP contribution in [0.3, 0.4) is 0 Å². The van der Waals surface area contributed by atoms with E-state index in [0.29, 0.717) is 12.9 Å². The SMILES string of the molecule is CCCCCOC[C@@H](O)[C@@H](OCc1ccccc1)[C@H](O)CC=O. The highest BCUT2D eigenvalue weighted by Crippen LogP contribution is 2.13. The van der Waals surface area contributed by atoms with Crippen molar-refractivity contribution in [3.8, 4) is 0 Å². The summed E-state index contributed by atoms with van der Waals surface area (Å²) in [7, 11) is 0. The standard InChI is InChI=1S/C18H28O5/c1-2-3-7-12-22-14-17(21)18(16(20)10-11-19)23-13-15-8-5-4-6-9-15/h4-6,8-9,11,16-18,20-21H,2-3,7,10,12-14H2,1H3/t16-,17-,18+/m1/s1. The lowest BCUT2D eigenvalue weighted by Gasteiger charge is -2.27. The lowest BCUT2D eigenvalue weighted by atomic mass is 10.1. The molecular formula is C18H28O5. The van der Waals surface area contributed by atoms with Crippen molar-refractivity contribution >= 4 is 6.29 Å². The average molecular weight is 324 g/mol. The summed E-state index contributed by atoms with van der Waals surface area (Å²) in [6.45, 7) is 3.02. The van der Waals surface area contributed by atoms with Gasteiger partial charge in [-0.1, -0.05) is 50.1 Å². The Bertz CT molecular complexity index is 409. The summed E-state index contributed by atoms with van der Waals surface area (Å²) >= 11 is 0. The minimum Gasteiger partial charge on any atom is -0.390 e. The van der Waals surface area contributed by atoms with Crippen molar-refractivity contribution in [1.29, 1.82) is 0 Å². The number of aliphatic hydroxyl groups is 2. The van der Waals surface area contributed by atoms with Crippen LogP contribution >= 0.6 is 0 Å². The van der Waals surface area contributed by atoms with Gasteiger partial charge in [0.1, 0.15) is 18.5 Å². The Labute approximate surface area is 138 Å². The van der Waals surface area contributed by atoms with Crippen molar-refractivity contribution in [1.82, 2.24) is 0 Å². The number of rotatable bonds is 13. The van der Waals surface area contributed by atoms with Crippen molar-refractivity contribution in [3.05, 3.63) is 35.9 Å². The van der Waals surface area contributed by atoms with Crippen LogP contribution in [0.1, 0.15) is 38.2 Å². The maximum atomic E-state index is 10.6. The van der Waals surface area contributed by atoms with Crippen LogP contribution in [-0.4, -0.2) is 48.0 Å². The molecule has 0 unspecified atom stereocenters. The van der Waals surface area contributed by atoms with Crippen LogP contribution in [0.15, 0.2) is 30.3 Å². The molecule has 3 atom stereocenters. The number of unbranched alkanes of at least 4 members (excludes halogenated alkanes) is 2. The van der Waals surface area contributed by atoms with E-state index in [9.17, 15) is 15.0 Å². The predicted molar refractivity (Wildman–Crippen MR) is 88.1 cm³/mol. The number of carbonyl (C=O) groups excluding carboxylic acids is 1. The van der Waals surface area contributed by atoms with Crippen molar-refractivity contribution < 1.29 is 24.5 Å². The molecule has 0 aliphatic rings. The molecule has 0 spiro atoms. The fourth-order valence-corrected chi connectivity index (χ4v) is 2.23. The van der Waals surface area contributed by atoms with Gasteiger partial charge in [0.15, 0.2) is 0 Å². The lowest BCUT2D eigenvalue weighted by Crippen LogP contribution is -2.42. The van der Waals surface area contributed by atoms with Gasteiger partial charge in [0.05, 0.1) is 19.3 Å². The Morgan fingerprint density at radius 2 is 1.87 bits per heavy atom. The van der Waals surface area contributed by atoms with Crippen molar-refractivity contribution in [2.75, 3.05) is 13.2 Å². The fraction of sp³-hybridized carbons (Fsp3) is 0.611. The summed E-state index contributed by atoms with van der Waals surface area (Å²) in [4.78, 5) is 10.6. The molecule has 0 aromatic heterocycles. The first-order chi connectivity index (χ1) is 11.2. The predicted octanol–water partition coefficient (Wildman–Crippen LogP) is 2.09. The topological polar surface area (TPSA) is 76.0 Å². The number of hydrogen-bond acceptors (Lipinski definition) is 5. The molecule has 0 saturated heterocycles. The molecule has 23 heavy (non-hydrogen) atoms. The van der Waals surface area contributed by atoms with Crippen LogP contribution in [0.2, 0.25) is 0 Å². The smallest absolute Gasteiger partial charge is 0.122 e. The zero-order chi connectivity index (χ0) is 16.9. The Morgan fingerprint density at radius 3 is 2.52 bits per heavy atom. The van der Waals surface area contributed by atoms with Crippen molar-refractivity contribution in [2.45, 2.75) is 57.5 Å². The van der Waals surface area contributed by atoms with E-state index >= 15 is 0 Å². The molecule has 0 saturated carbocycles. The van der Waals surface area contributed by atoms with Gasteiger partial charge in [0.2, 0.25) is 0 Å². The molecule has 2 N–H and O–H groups in total. The molecule has 0 heterocycles. The minimum absolute atomic E-state index is 0.0770. The van der Waals surface area contributed by atoms with Gasteiger partial charge in [0.25, 0.3) is 0 Å². The van der Waals surface area contributed by atoms with Crippen LogP contribution < -0.4 is 0 Å². The van der Waals surface area contributed by atoms with E-state index in [1.165, 1.54) is 0 Å². The highest BCUT2D eigenvalue weighted by Gasteiger charge is 2.28. The molecule has 0 amide bonds. The Balaban J connectivity index is 2.48.